The molecule has 2 saturated heterocycles. The first-order valence-corrected chi connectivity index (χ1v) is 16.8. The van der Waals surface area contributed by atoms with Gasteiger partial charge in [0.1, 0.15) is 23.7 Å². The third-order valence-electron chi connectivity index (χ3n) is 10.5. The molecule has 9 nitrogen and oxygen atoms in total. The number of aryl methyl sites for hydroxylation is 1. The topological polar surface area (TPSA) is 100 Å². The molecule has 9 heteroatoms. The highest BCUT2D eigenvalue weighted by Gasteiger charge is 2.51. The maximum Gasteiger partial charge on any atom is 0.252 e. The number of Topliss-reactive ketones (excluding diaryl/α,β-unsaturated/α-hetero) is 2. The van der Waals surface area contributed by atoms with E-state index in [1.165, 1.54) is 15.8 Å². The maximum absolute atomic E-state index is 13.8. The number of carbonyl (C=O) groups is 5. The average molecular weight is 615 g/mol. The summed E-state index contributed by atoms with van der Waals surface area (Å²) in [5.41, 5.74) is 4.74. The molecule has 6 rings (SSSR count). The number of fused-ring (bicyclic) bond motifs is 3. The predicted molar refractivity (Wildman–Crippen MR) is 172 cm³/mol. The Morgan fingerprint density at radius 3 is 2.56 bits per heavy atom. The summed E-state index contributed by atoms with van der Waals surface area (Å²) in [5, 5.41) is 1.22. The Morgan fingerprint density at radius 2 is 1.82 bits per heavy atom. The summed E-state index contributed by atoms with van der Waals surface area (Å²) >= 11 is 0. The first-order chi connectivity index (χ1) is 21.5. The average Bonchev–Trinajstić information content (AvgIpc) is 3.65. The van der Waals surface area contributed by atoms with Crippen LogP contribution in [-0.4, -0.2) is 86.8 Å². The molecule has 0 bridgehead atoms. The van der Waals surface area contributed by atoms with Crippen LogP contribution < -0.4 is 0 Å². The molecule has 4 aliphatic rings. The van der Waals surface area contributed by atoms with E-state index in [0.717, 1.165) is 42.5 Å². The molecule has 0 saturated carbocycles. The number of hydrogen-bond acceptors (Lipinski definition) is 6. The Morgan fingerprint density at radius 1 is 1.04 bits per heavy atom. The monoisotopic (exact) mass is 614 g/mol. The quantitative estimate of drug-likeness (QED) is 0.397. The predicted octanol–water partition coefficient (Wildman–Crippen LogP) is 4.25. The first-order valence-electron chi connectivity index (χ1n) is 16.8. The molecule has 5 atom stereocenters. The highest BCUT2D eigenvalue weighted by Crippen LogP contribution is 2.42. The number of hydrogen-bond donors (Lipinski definition) is 0. The molecule has 2 aromatic rings. The van der Waals surface area contributed by atoms with E-state index >= 15 is 0 Å². The van der Waals surface area contributed by atoms with Crippen LogP contribution in [0.4, 0.5) is 0 Å². The third kappa shape index (κ3) is 5.47. The zero-order valence-electron chi connectivity index (χ0n) is 27.3. The minimum atomic E-state index is -0.822. The van der Waals surface area contributed by atoms with Crippen LogP contribution in [0.3, 0.4) is 0 Å². The SMILES string of the molecule is CCC(=O)CCCn1cc2c3c(cccc31)C1=C[C@@H](C(=O)C[C@@H](C)C(=O)N3C(=O)[C@@H]4CCCN4C(=O)[C@@H]3C(C)C)CN(C)[C@@H]1C2. The lowest BCUT2D eigenvalue weighted by Crippen LogP contribution is -2.66. The normalized spacial score (nSPS) is 25.4. The van der Waals surface area contributed by atoms with Gasteiger partial charge in [0, 0.05) is 73.9 Å². The first kappa shape index (κ1) is 31.4. The molecular formula is C36H46N4O5. The molecule has 1 aliphatic carbocycles. The Kier molecular flexibility index (Phi) is 8.59. The van der Waals surface area contributed by atoms with Crippen molar-refractivity contribution in [3.63, 3.8) is 0 Å². The molecule has 240 valence electrons. The lowest BCUT2D eigenvalue weighted by Gasteiger charge is -2.43. The molecule has 3 aliphatic heterocycles. The Balaban J connectivity index is 1.22. The van der Waals surface area contributed by atoms with Crippen molar-refractivity contribution in [1.82, 2.24) is 19.3 Å². The molecule has 0 N–H and O–H groups in total. The van der Waals surface area contributed by atoms with E-state index in [9.17, 15) is 24.0 Å². The fourth-order valence-electron chi connectivity index (χ4n) is 8.11. The Bertz CT molecular complexity index is 1590. The number of ketones is 2. The maximum atomic E-state index is 13.8. The van der Waals surface area contributed by atoms with Gasteiger partial charge in [-0.25, -0.2) is 0 Å². The second kappa shape index (κ2) is 12.3. The Hall–Kier alpha value is -3.59. The van der Waals surface area contributed by atoms with E-state index in [1.807, 2.05) is 20.8 Å². The van der Waals surface area contributed by atoms with E-state index in [-0.39, 0.29) is 47.7 Å². The lowest BCUT2D eigenvalue weighted by atomic mass is 9.78. The third-order valence-corrected chi connectivity index (χ3v) is 10.5. The number of nitrogens with zero attached hydrogens (tertiary/aromatic N) is 4. The molecule has 0 spiro atoms. The number of rotatable bonds is 10. The van der Waals surface area contributed by atoms with Gasteiger partial charge in [-0.2, -0.15) is 0 Å². The lowest BCUT2D eigenvalue weighted by molar-refractivity contribution is -0.169. The molecule has 3 amide bonds. The second-order valence-electron chi connectivity index (χ2n) is 13.9. The van der Waals surface area contributed by atoms with Crippen LogP contribution in [-0.2, 0) is 36.9 Å². The Labute approximate surface area is 265 Å². The van der Waals surface area contributed by atoms with Gasteiger partial charge in [-0.15, -0.1) is 0 Å². The van der Waals surface area contributed by atoms with E-state index in [0.29, 0.717) is 32.4 Å². The van der Waals surface area contributed by atoms with Crippen LogP contribution in [0.15, 0.2) is 30.5 Å². The van der Waals surface area contributed by atoms with Crippen molar-refractivity contribution >= 4 is 45.8 Å². The van der Waals surface area contributed by atoms with Crippen LogP contribution in [0.2, 0.25) is 0 Å². The van der Waals surface area contributed by atoms with Gasteiger partial charge in [0.2, 0.25) is 11.8 Å². The van der Waals surface area contributed by atoms with Crippen LogP contribution in [0.25, 0.3) is 16.5 Å². The summed E-state index contributed by atoms with van der Waals surface area (Å²) in [5.74, 6) is -1.90. The zero-order chi connectivity index (χ0) is 32.2. The van der Waals surface area contributed by atoms with Crippen molar-refractivity contribution < 1.29 is 24.0 Å². The van der Waals surface area contributed by atoms with E-state index in [1.54, 1.807) is 11.8 Å². The van der Waals surface area contributed by atoms with Crippen LogP contribution >= 0.6 is 0 Å². The van der Waals surface area contributed by atoms with Crippen molar-refractivity contribution in [3.8, 4) is 0 Å². The van der Waals surface area contributed by atoms with Gasteiger partial charge >= 0.3 is 0 Å². The van der Waals surface area contributed by atoms with Crippen molar-refractivity contribution in [1.29, 1.82) is 0 Å². The smallest absolute Gasteiger partial charge is 0.252 e. The number of imide groups is 1. The number of likely N-dealkylation sites (N-methyl/N-ethyl adjacent to an activating group) is 1. The van der Waals surface area contributed by atoms with E-state index < -0.39 is 23.9 Å². The zero-order valence-corrected chi connectivity index (χ0v) is 27.3. The number of benzene rings is 1. The summed E-state index contributed by atoms with van der Waals surface area (Å²) in [6.45, 7) is 9.25. The molecule has 0 radical (unpaired) electrons. The van der Waals surface area contributed by atoms with E-state index in [4.69, 9.17) is 0 Å². The largest absolute Gasteiger partial charge is 0.347 e. The van der Waals surface area contributed by atoms with Gasteiger partial charge in [-0.3, -0.25) is 33.8 Å². The van der Waals surface area contributed by atoms with Gasteiger partial charge in [-0.05, 0) is 61.4 Å². The van der Waals surface area contributed by atoms with Gasteiger partial charge in [0.15, 0.2) is 0 Å². The summed E-state index contributed by atoms with van der Waals surface area (Å²) in [6.07, 6.45) is 8.53. The second-order valence-corrected chi connectivity index (χ2v) is 13.9. The minimum Gasteiger partial charge on any atom is -0.347 e. The van der Waals surface area contributed by atoms with Gasteiger partial charge in [0.25, 0.3) is 5.91 Å². The molecule has 0 unspecified atom stereocenters. The van der Waals surface area contributed by atoms with Crippen LogP contribution in [0.5, 0.6) is 0 Å². The van der Waals surface area contributed by atoms with Gasteiger partial charge < -0.3 is 9.47 Å². The molecular weight excluding hydrogens is 568 g/mol. The molecule has 2 fully saturated rings. The number of carbonyl (C=O) groups excluding carboxylic acids is 5. The molecule has 4 heterocycles. The fraction of sp³-hybridized carbons (Fsp3) is 0.583. The summed E-state index contributed by atoms with van der Waals surface area (Å²) in [6, 6.07) is 5.10. The van der Waals surface area contributed by atoms with E-state index in [2.05, 4.69) is 47.0 Å². The van der Waals surface area contributed by atoms with Crippen LogP contribution in [0, 0.1) is 17.8 Å². The van der Waals surface area contributed by atoms with Crippen molar-refractivity contribution in [2.45, 2.75) is 97.3 Å². The summed E-state index contributed by atoms with van der Waals surface area (Å²) in [7, 11) is 2.06. The molecule has 45 heavy (non-hydrogen) atoms. The molecule has 1 aromatic carbocycles. The number of aromatic nitrogens is 1. The van der Waals surface area contributed by atoms with Crippen molar-refractivity contribution in [2.75, 3.05) is 20.1 Å². The number of amides is 3. The van der Waals surface area contributed by atoms with Gasteiger partial charge in [0.05, 0.1) is 0 Å². The highest BCUT2D eigenvalue weighted by atomic mass is 16.2. The van der Waals surface area contributed by atoms with Crippen molar-refractivity contribution in [2.24, 2.45) is 17.8 Å². The summed E-state index contributed by atoms with van der Waals surface area (Å²) in [4.78, 5) is 71.4. The standard InChI is InChI=1S/C36H46N4O5/c1-6-25(41)10-8-14-38-20-24-18-30-27(26-11-7-12-28(38)32(24)26)17-23(19-37(30)5)31(42)16-22(4)34(43)40-33(21(2)3)36(45)39-15-9-13-29(39)35(40)44/h7,11-12,17,20-23,29-30,33H,6,8-10,13-16,18-19H2,1-5H3/t22-,23-,29+,30-,33+/m1/s1. The minimum absolute atomic E-state index is 0.0191. The summed E-state index contributed by atoms with van der Waals surface area (Å²) < 4.78 is 2.27. The highest BCUT2D eigenvalue weighted by molar-refractivity contribution is 6.08. The van der Waals surface area contributed by atoms with Crippen molar-refractivity contribution in [3.05, 3.63) is 41.6 Å². The van der Waals surface area contributed by atoms with Crippen LogP contribution in [0.1, 0.15) is 77.3 Å². The number of piperazine rings is 1. The van der Waals surface area contributed by atoms with Gasteiger partial charge in [-0.1, -0.05) is 45.9 Å². The molecule has 1 aromatic heterocycles. The fourth-order valence-corrected chi connectivity index (χ4v) is 8.11.